The largest absolute Gasteiger partial charge is 0.445 e. The molecule has 2 bridgehead atoms. The van der Waals surface area contributed by atoms with Crippen molar-refractivity contribution in [1.29, 1.82) is 0 Å². The Hall–Kier alpha value is -2.30. The molecule has 2 aliphatic carbocycles. The van der Waals surface area contributed by atoms with Gasteiger partial charge in [-0.1, -0.05) is 23.5 Å². The lowest BCUT2D eigenvalue weighted by atomic mass is 9.85. The number of hydrogen-bond donors (Lipinski definition) is 1. The molecule has 1 saturated carbocycles. The third kappa shape index (κ3) is 2.44. The van der Waals surface area contributed by atoms with Gasteiger partial charge in [0.05, 0.1) is 11.8 Å². The van der Waals surface area contributed by atoms with E-state index >= 15 is 0 Å². The number of halogens is 3. The Morgan fingerprint density at radius 3 is 2.31 bits per heavy atom. The van der Waals surface area contributed by atoms with E-state index in [0.717, 1.165) is 11.3 Å². The van der Waals surface area contributed by atoms with Crippen LogP contribution in [0.5, 0.6) is 0 Å². The maximum absolute atomic E-state index is 12.6. The van der Waals surface area contributed by atoms with E-state index in [1.54, 1.807) is 0 Å². The first-order chi connectivity index (χ1) is 12.2. The number of carbonyl (C=O) groups excluding carboxylic acids is 3. The highest BCUT2D eigenvalue weighted by Crippen LogP contribution is 2.52. The van der Waals surface area contributed by atoms with E-state index in [1.165, 1.54) is 6.92 Å². The monoisotopic (exact) mass is 386 g/mol. The summed E-state index contributed by atoms with van der Waals surface area (Å²) in [5.74, 6) is -2.42. The van der Waals surface area contributed by atoms with Gasteiger partial charge in [0.15, 0.2) is 0 Å². The van der Waals surface area contributed by atoms with Crippen molar-refractivity contribution in [3.8, 4) is 0 Å². The van der Waals surface area contributed by atoms with Gasteiger partial charge in [0.1, 0.15) is 6.04 Å². The van der Waals surface area contributed by atoms with Gasteiger partial charge in [-0.25, -0.2) is 0 Å². The molecular formula is C15H13F3N4O3S. The molecule has 2 fully saturated rings. The number of nitrogens with zero attached hydrogens (tertiary/aromatic N) is 3. The van der Waals surface area contributed by atoms with Crippen LogP contribution in [0.4, 0.5) is 18.3 Å². The Kier molecular flexibility index (Phi) is 3.69. The zero-order valence-corrected chi connectivity index (χ0v) is 14.2. The molecule has 1 aromatic heterocycles. The number of rotatable bonds is 3. The molecule has 3 amide bonds. The summed E-state index contributed by atoms with van der Waals surface area (Å²) < 4.78 is 37.6. The number of fused-ring (bicyclic) bond motifs is 5. The Bertz CT molecular complexity index is 806. The summed E-state index contributed by atoms with van der Waals surface area (Å²) in [6.07, 6.45) is -0.0145. The van der Waals surface area contributed by atoms with E-state index in [2.05, 4.69) is 15.5 Å². The maximum atomic E-state index is 12.6. The van der Waals surface area contributed by atoms with Crippen LogP contribution in [0.1, 0.15) is 18.4 Å². The molecule has 1 aromatic rings. The van der Waals surface area contributed by atoms with Gasteiger partial charge >= 0.3 is 6.18 Å². The molecular weight excluding hydrogens is 373 g/mol. The van der Waals surface area contributed by atoms with Crippen LogP contribution in [0.25, 0.3) is 0 Å². The minimum atomic E-state index is -4.66. The van der Waals surface area contributed by atoms with Crippen molar-refractivity contribution in [1.82, 2.24) is 15.1 Å². The first-order valence-electron chi connectivity index (χ1n) is 7.95. The maximum Gasteiger partial charge on any atom is 0.445 e. The Balaban J connectivity index is 1.48. The van der Waals surface area contributed by atoms with Gasteiger partial charge in [-0.15, -0.1) is 10.2 Å². The van der Waals surface area contributed by atoms with Crippen molar-refractivity contribution >= 4 is 34.2 Å². The average Bonchev–Trinajstić information content (AvgIpc) is 3.30. The Morgan fingerprint density at radius 2 is 1.81 bits per heavy atom. The van der Waals surface area contributed by atoms with Crippen molar-refractivity contribution < 1.29 is 27.6 Å². The van der Waals surface area contributed by atoms with Crippen LogP contribution in [0.3, 0.4) is 0 Å². The average molecular weight is 386 g/mol. The molecule has 5 atom stereocenters. The zero-order valence-electron chi connectivity index (χ0n) is 13.4. The second-order valence-electron chi connectivity index (χ2n) is 6.62. The highest BCUT2D eigenvalue weighted by molar-refractivity contribution is 7.15. The SMILES string of the molecule is C[C@H](C(=O)Nc1nnc(C(F)(F)F)s1)N1C(=O)[C@@H]2[C@H](C1=O)[C@H]1C=C[C@H]2C1. The molecule has 4 rings (SSSR count). The Morgan fingerprint density at radius 1 is 1.23 bits per heavy atom. The lowest BCUT2D eigenvalue weighted by molar-refractivity contribution is -0.146. The zero-order chi connectivity index (χ0) is 18.8. The molecule has 0 aromatic carbocycles. The van der Waals surface area contributed by atoms with E-state index in [4.69, 9.17) is 0 Å². The van der Waals surface area contributed by atoms with Gasteiger partial charge < -0.3 is 0 Å². The summed E-state index contributed by atoms with van der Waals surface area (Å²) in [4.78, 5) is 38.5. The number of imide groups is 1. The highest BCUT2D eigenvalue weighted by atomic mass is 32.1. The molecule has 1 aliphatic heterocycles. The number of hydrogen-bond acceptors (Lipinski definition) is 6. The molecule has 7 nitrogen and oxygen atoms in total. The van der Waals surface area contributed by atoms with Crippen LogP contribution in [-0.2, 0) is 20.6 Å². The molecule has 2 heterocycles. The van der Waals surface area contributed by atoms with Gasteiger partial charge in [0, 0.05) is 0 Å². The number of likely N-dealkylation sites (tertiary alicyclic amines) is 1. The minimum Gasteiger partial charge on any atom is -0.299 e. The number of anilines is 1. The van der Waals surface area contributed by atoms with Gasteiger partial charge in [0.2, 0.25) is 27.9 Å². The summed E-state index contributed by atoms with van der Waals surface area (Å²) in [6, 6.07) is -1.14. The molecule has 0 spiro atoms. The third-order valence-corrected chi connectivity index (χ3v) is 6.05. The van der Waals surface area contributed by atoms with Gasteiger partial charge in [-0.05, 0) is 25.2 Å². The fraction of sp³-hybridized carbons (Fsp3) is 0.533. The molecule has 0 unspecified atom stereocenters. The van der Waals surface area contributed by atoms with E-state index in [-0.39, 0.29) is 28.3 Å². The van der Waals surface area contributed by atoms with Crippen molar-refractivity contribution in [3.63, 3.8) is 0 Å². The first kappa shape index (κ1) is 17.1. The van der Waals surface area contributed by atoms with Crippen LogP contribution in [0, 0.1) is 23.7 Å². The van der Waals surface area contributed by atoms with Gasteiger partial charge in [-0.3, -0.25) is 24.6 Å². The normalized spacial score (nSPS) is 30.8. The second kappa shape index (κ2) is 5.60. The Labute approximate surface area is 149 Å². The first-order valence-corrected chi connectivity index (χ1v) is 8.77. The van der Waals surface area contributed by atoms with Crippen LogP contribution in [0.2, 0.25) is 0 Å². The predicted octanol–water partition coefficient (Wildman–Crippen LogP) is 1.69. The number of carbonyl (C=O) groups is 3. The third-order valence-electron chi connectivity index (χ3n) is 5.17. The van der Waals surface area contributed by atoms with E-state index < -0.39 is 46.8 Å². The molecule has 11 heteroatoms. The molecule has 26 heavy (non-hydrogen) atoms. The van der Waals surface area contributed by atoms with Crippen LogP contribution in [0.15, 0.2) is 12.2 Å². The lowest BCUT2D eigenvalue weighted by Gasteiger charge is -2.23. The smallest absolute Gasteiger partial charge is 0.299 e. The fourth-order valence-corrected chi connectivity index (χ4v) is 4.64. The van der Waals surface area contributed by atoms with E-state index in [9.17, 15) is 27.6 Å². The molecule has 1 N–H and O–H groups in total. The number of allylic oxidation sites excluding steroid dienone is 2. The standard InChI is InChI=1S/C15H13F3N4O3S/c1-5(10(23)19-14-21-20-13(26-14)15(16,17)18)22-11(24)8-6-2-3-7(4-6)9(8)12(22)25/h2-3,5-9H,4H2,1H3,(H,19,21,23)/t5-,6+,7+,8-,9+/m1/s1. The topological polar surface area (TPSA) is 92.3 Å². The molecule has 138 valence electrons. The van der Waals surface area contributed by atoms with Crippen molar-refractivity contribution in [2.45, 2.75) is 25.6 Å². The van der Waals surface area contributed by atoms with Crippen molar-refractivity contribution in [3.05, 3.63) is 17.2 Å². The minimum absolute atomic E-state index is 0.0132. The van der Waals surface area contributed by atoms with Crippen molar-refractivity contribution in [2.75, 3.05) is 5.32 Å². The van der Waals surface area contributed by atoms with Gasteiger partial charge in [0.25, 0.3) is 0 Å². The number of amides is 3. The van der Waals surface area contributed by atoms with Crippen LogP contribution >= 0.6 is 11.3 Å². The molecule has 1 saturated heterocycles. The number of aromatic nitrogens is 2. The second-order valence-corrected chi connectivity index (χ2v) is 7.60. The summed E-state index contributed by atoms with van der Waals surface area (Å²) >= 11 is 0.180. The van der Waals surface area contributed by atoms with Gasteiger partial charge in [-0.2, -0.15) is 13.2 Å². The van der Waals surface area contributed by atoms with Crippen molar-refractivity contribution in [2.24, 2.45) is 23.7 Å². The molecule has 3 aliphatic rings. The molecule has 0 radical (unpaired) electrons. The fourth-order valence-electron chi connectivity index (χ4n) is 4.02. The van der Waals surface area contributed by atoms with E-state index in [0.29, 0.717) is 0 Å². The predicted molar refractivity (Wildman–Crippen MR) is 82.6 cm³/mol. The van der Waals surface area contributed by atoms with E-state index in [1.807, 2.05) is 12.2 Å². The summed E-state index contributed by atoms with van der Waals surface area (Å²) in [5.41, 5.74) is 0. The summed E-state index contributed by atoms with van der Waals surface area (Å²) in [5, 5.41) is 6.93. The summed E-state index contributed by atoms with van der Waals surface area (Å²) in [7, 11) is 0. The van der Waals surface area contributed by atoms with Crippen LogP contribution in [-0.4, -0.2) is 38.9 Å². The highest BCUT2D eigenvalue weighted by Gasteiger charge is 2.60. The number of alkyl halides is 3. The quantitative estimate of drug-likeness (QED) is 0.631. The summed E-state index contributed by atoms with van der Waals surface area (Å²) in [6.45, 7) is 1.37. The lowest BCUT2D eigenvalue weighted by Crippen LogP contribution is -2.46. The van der Waals surface area contributed by atoms with Crippen LogP contribution < -0.4 is 5.32 Å². The number of nitrogens with one attached hydrogen (secondary N) is 1.